The average Bonchev–Trinajstić information content (AvgIpc) is 3.14. The number of hydrogen-bond acceptors (Lipinski definition) is 4. The molecule has 3 aromatic rings. The number of anilines is 2. The van der Waals surface area contributed by atoms with Gasteiger partial charge in [-0.15, -0.1) is 0 Å². The summed E-state index contributed by atoms with van der Waals surface area (Å²) < 4.78 is 47.1. The number of carbonyl (C=O) groups excluding carboxylic acids is 2. The minimum Gasteiger partial charge on any atom is -0.495 e. The SMILES string of the molecule is COc1ccc(NC(=O)c2cnn(-c3cccc(Cl)c3)c2C(F)(F)F)cc1NC(C)=O. The first-order chi connectivity index (χ1) is 14.6. The Labute approximate surface area is 179 Å². The number of amides is 2. The van der Waals surface area contributed by atoms with Crippen LogP contribution in [0.3, 0.4) is 0 Å². The van der Waals surface area contributed by atoms with E-state index in [0.717, 1.165) is 6.20 Å². The molecule has 0 aliphatic carbocycles. The normalized spacial score (nSPS) is 11.2. The minimum atomic E-state index is -4.87. The Morgan fingerprint density at radius 1 is 1.13 bits per heavy atom. The zero-order valence-electron chi connectivity index (χ0n) is 16.2. The van der Waals surface area contributed by atoms with Crippen molar-refractivity contribution < 1.29 is 27.5 Å². The highest BCUT2D eigenvalue weighted by Crippen LogP contribution is 2.35. The summed E-state index contributed by atoms with van der Waals surface area (Å²) in [5, 5.41) is 8.87. The molecule has 3 rings (SSSR count). The van der Waals surface area contributed by atoms with Gasteiger partial charge in [-0.05, 0) is 36.4 Å². The summed E-state index contributed by atoms with van der Waals surface area (Å²) in [5.74, 6) is -1.10. The quantitative estimate of drug-likeness (QED) is 0.584. The van der Waals surface area contributed by atoms with Gasteiger partial charge in [0.05, 0.1) is 30.2 Å². The number of nitrogens with zero attached hydrogens (tertiary/aromatic N) is 2. The molecule has 2 amide bonds. The van der Waals surface area contributed by atoms with Gasteiger partial charge in [0.25, 0.3) is 5.91 Å². The van der Waals surface area contributed by atoms with Gasteiger partial charge < -0.3 is 15.4 Å². The predicted molar refractivity (Wildman–Crippen MR) is 109 cm³/mol. The van der Waals surface area contributed by atoms with Crippen LogP contribution in [-0.2, 0) is 11.0 Å². The van der Waals surface area contributed by atoms with Crippen LogP contribution < -0.4 is 15.4 Å². The molecule has 31 heavy (non-hydrogen) atoms. The number of nitrogens with one attached hydrogen (secondary N) is 2. The van der Waals surface area contributed by atoms with Crippen LogP contribution in [0.5, 0.6) is 5.75 Å². The van der Waals surface area contributed by atoms with Crippen molar-refractivity contribution in [1.82, 2.24) is 9.78 Å². The largest absolute Gasteiger partial charge is 0.495 e. The highest BCUT2D eigenvalue weighted by Gasteiger charge is 2.40. The van der Waals surface area contributed by atoms with Crippen LogP contribution in [0.4, 0.5) is 24.5 Å². The van der Waals surface area contributed by atoms with Gasteiger partial charge in [0.1, 0.15) is 5.75 Å². The van der Waals surface area contributed by atoms with Crippen molar-refractivity contribution in [2.75, 3.05) is 17.7 Å². The van der Waals surface area contributed by atoms with Gasteiger partial charge >= 0.3 is 6.18 Å². The molecule has 0 saturated heterocycles. The lowest BCUT2D eigenvalue weighted by Crippen LogP contribution is -2.20. The molecule has 0 aliphatic rings. The van der Waals surface area contributed by atoms with Gasteiger partial charge in [0.15, 0.2) is 5.69 Å². The molecule has 0 saturated carbocycles. The lowest BCUT2D eigenvalue weighted by atomic mass is 10.2. The van der Waals surface area contributed by atoms with Crippen LogP contribution in [0.15, 0.2) is 48.7 Å². The van der Waals surface area contributed by atoms with Crippen LogP contribution in [0.1, 0.15) is 23.0 Å². The molecule has 0 bridgehead atoms. The highest BCUT2D eigenvalue weighted by atomic mass is 35.5. The third kappa shape index (κ3) is 4.97. The molecule has 0 aliphatic heterocycles. The van der Waals surface area contributed by atoms with Crippen molar-refractivity contribution in [3.63, 3.8) is 0 Å². The van der Waals surface area contributed by atoms with Crippen LogP contribution in [0.2, 0.25) is 5.02 Å². The average molecular weight is 453 g/mol. The zero-order chi connectivity index (χ0) is 22.8. The van der Waals surface area contributed by atoms with E-state index in [2.05, 4.69) is 15.7 Å². The number of rotatable bonds is 5. The first-order valence-electron chi connectivity index (χ1n) is 8.78. The van der Waals surface area contributed by atoms with Crippen molar-refractivity contribution >= 4 is 34.8 Å². The second-order valence-electron chi connectivity index (χ2n) is 6.35. The number of methoxy groups -OCH3 is 1. The molecular formula is C20H16ClF3N4O3. The van der Waals surface area contributed by atoms with Gasteiger partial charge in [-0.2, -0.15) is 18.3 Å². The summed E-state index contributed by atoms with van der Waals surface area (Å²) in [6.07, 6.45) is -4.04. The second kappa shape index (κ2) is 8.68. The number of halogens is 4. The molecule has 0 atom stereocenters. The first-order valence-corrected chi connectivity index (χ1v) is 9.16. The second-order valence-corrected chi connectivity index (χ2v) is 6.78. The fourth-order valence-electron chi connectivity index (χ4n) is 2.86. The van der Waals surface area contributed by atoms with E-state index < -0.39 is 23.3 Å². The topological polar surface area (TPSA) is 85.2 Å². The van der Waals surface area contributed by atoms with E-state index in [1.54, 1.807) is 0 Å². The van der Waals surface area contributed by atoms with E-state index >= 15 is 0 Å². The van der Waals surface area contributed by atoms with E-state index in [0.29, 0.717) is 10.4 Å². The third-order valence-electron chi connectivity index (χ3n) is 4.10. The number of benzene rings is 2. The van der Waals surface area contributed by atoms with Gasteiger partial charge in [0, 0.05) is 17.6 Å². The van der Waals surface area contributed by atoms with Crippen molar-refractivity contribution in [3.8, 4) is 11.4 Å². The molecule has 7 nitrogen and oxygen atoms in total. The Kier molecular flexibility index (Phi) is 6.21. The zero-order valence-corrected chi connectivity index (χ0v) is 17.0. The van der Waals surface area contributed by atoms with Crippen molar-refractivity contribution in [2.24, 2.45) is 0 Å². The van der Waals surface area contributed by atoms with Gasteiger partial charge in [0.2, 0.25) is 5.91 Å². The van der Waals surface area contributed by atoms with Crippen LogP contribution in [0, 0.1) is 0 Å². The molecule has 2 aromatic carbocycles. The summed E-state index contributed by atoms with van der Waals surface area (Å²) in [6.45, 7) is 1.28. The van der Waals surface area contributed by atoms with Crippen molar-refractivity contribution in [3.05, 3.63) is 64.9 Å². The monoisotopic (exact) mass is 452 g/mol. The molecule has 0 unspecified atom stereocenters. The van der Waals surface area contributed by atoms with Crippen LogP contribution >= 0.6 is 11.6 Å². The predicted octanol–water partition coefficient (Wildman–Crippen LogP) is 4.76. The number of hydrogen-bond donors (Lipinski definition) is 2. The molecule has 11 heteroatoms. The van der Waals surface area contributed by atoms with E-state index in [9.17, 15) is 22.8 Å². The molecule has 0 radical (unpaired) electrons. The van der Waals surface area contributed by atoms with Gasteiger partial charge in [-0.1, -0.05) is 17.7 Å². The van der Waals surface area contributed by atoms with Crippen LogP contribution in [-0.4, -0.2) is 28.7 Å². The molecule has 0 spiro atoms. The molecule has 2 N–H and O–H groups in total. The van der Waals surface area contributed by atoms with E-state index in [1.807, 2.05) is 0 Å². The number of aromatic nitrogens is 2. The Morgan fingerprint density at radius 3 is 2.48 bits per heavy atom. The maximum atomic E-state index is 13.8. The fourth-order valence-corrected chi connectivity index (χ4v) is 3.05. The fraction of sp³-hybridized carbons (Fsp3) is 0.150. The first kappa shape index (κ1) is 22.2. The van der Waals surface area contributed by atoms with E-state index in [-0.39, 0.29) is 28.0 Å². The molecule has 162 valence electrons. The van der Waals surface area contributed by atoms with E-state index in [1.165, 1.54) is 56.5 Å². The Morgan fingerprint density at radius 2 is 1.87 bits per heavy atom. The summed E-state index contributed by atoms with van der Waals surface area (Å²) in [6, 6.07) is 9.92. The Hall–Kier alpha value is -3.53. The molecule has 1 aromatic heterocycles. The lowest BCUT2D eigenvalue weighted by molar-refractivity contribution is -0.143. The summed E-state index contributed by atoms with van der Waals surface area (Å²) in [7, 11) is 1.39. The van der Waals surface area contributed by atoms with Gasteiger partial charge in [-0.3, -0.25) is 9.59 Å². The minimum absolute atomic E-state index is 0.0521. The highest BCUT2D eigenvalue weighted by molar-refractivity contribution is 6.30. The molecule has 0 fully saturated rings. The Bertz CT molecular complexity index is 1140. The third-order valence-corrected chi connectivity index (χ3v) is 4.34. The maximum absolute atomic E-state index is 13.8. The number of alkyl halides is 3. The smallest absolute Gasteiger partial charge is 0.434 e. The Balaban J connectivity index is 1.98. The number of ether oxygens (including phenoxy) is 1. The van der Waals surface area contributed by atoms with Crippen molar-refractivity contribution in [2.45, 2.75) is 13.1 Å². The van der Waals surface area contributed by atoms with E-state index in [4.69, 9.17) is 16.3 Å². The van der Waals surface area contributed by atoms with Gasteiger partial charge in [-0.25, -0.2) is 4.68 Å². The summed E-state index contributed by atoms with van der Waals surface area (Å²) in [5.41, 5.74) is -1.47. The summed E-state index contributed by atoms with van der Waals surface area (Å²) >= 11 is 5.87. The van der Waals surface area contributed by atoms with Crippen molar-refractivity contribution in [1.29, 1.82) is 0 Å². The standard InChI is InChI=1S/C20H16ClF3N4O3/c1-11(29)26-16-9-13(6-7-17(16)31-2)27-19(30)15-10-25-28(18(15)20(22,23)24)14-5-3-4-12(21)8-14/h3-10H,1-2H3,(H,26,29)(H,27,30). The maximum Gasteiger partial charge on any atom is 0.434 e. The molecular weight excluding hydrogens is 437 g/mol. The van der Waals surface area contributed by atoms with Crippen LogP contribution in [0.25, 0.3) is 5.69 Å². The summed E-state index contributed by atoms with van der Waals surface area (Å²) in [4.78, 5) is 24.0. The number of carbonyl (C=O) groups is 2. The lowest BCUT2D eigenvalue weighted by Gasteiger charge is -2.14. The molecule has 1 heterocycles.